The molecule has 0 unspecified atom stereocenters. The second-order valence-corrected chi connectivity index (χ2v) is 8.65. The third-order valence-corrected chi connectivity index (χ3v) is 5.69. The van der Waals surface area contributed by atoms with Crippen molar-refractivity contribution >= 4 is 0 Å². The van der Waals surface area contributed by atoms with Crippen LogP contribution < -0.4 is 9.47 Å². The van der Waals surface area contributed by atoms with E-state index >= 15 is 0 Å². The number of pyridine rings is 1. The first-order valence-electron chi connectivity index (χ1n) is 12.5. The molecule has 3 rings (SSSR count). The van der Waals surface area contributed by atoms with Gasteiger partial charge in [0, 0.05) is 19.3 Å². The monoisotopic (exact) mass is 441 g/mol. The third-order valence-electron chi connectivity index (χ3n) is 5.69. The summed E-state index contributed by atoms with van der Waals surface area (Å²) in [5.41, 5.74) is 1.50. The molecular weight excluding hydrogens is 402 g/mol. The van der Waals surface area contributed by atoms with Crippen LogP contribution in [-0.2, 0) is 4.74 Å². The highest BCUT2D eigenvalue weighted by Crippen LogP contribution is 2.34. The van der Waals surface area contributed by atoms with Gasteiger partial charge in [0.05, 0.1) is 25.1 Å². The van der Waals surface area contributed by atoms with E-state index in [0.717, 1.165) is 62.0 Å². The summed E-state index contributed by atoms with van der Waals surface area (Å²) in [7, 11) is 0. The molecule has 0 aromatic carbocycles. The molecular formula is C26H39N3O3. The Morgan fingerprint density at radius 3 is 2.25 bits per heavy atom. The van der Waals surface area contributed by atoms with Crippen molar-refractivity contribution in [3.63, 3.8) is 0 Å². The van der Waals surface area contributed by atoms with Crippen LogP contribution in [0.5, 0.6) is 11.6 Å². The fourth-order valence-electron chi connectivity index (χ4n) is 3.47. The quantitative estimate of drug-likeness (QED) is 0.255. The number of rotatable bonds is 18. The zero-order chi connectivity index (χ0) is 22.3. The van der Waals surface area contributed by atoms with E-state index in [-0.39, 0.29) is 0 Å². The molecule has 0 radical (unpaired) electrons. The molecule has 1 aliphatic carbocycles. The molecule has 0 atom stereocenters. The maximum Gasteiger partial charge on any atom is 0.233 e. The standard InChI is InChI=1S/C26H39N3O3/c1-2-3-17-30-18-8-9-19-31-23-13-14-24(27-21-23)25-15-16-26(29-28-25)32-20-7-5-4-6-10-22-11-12-22/h13-16,21-22H,2-12,17-20H2,1H3. The number of hydrogen-bond donors (Lipinski definition) is 0. The predicted octanol–water partition coefficient (Wildman–Crippen LogP) is 6.25. The Bertz CT molecular complexity index is 733. The molecule has 0 bridgehead atoms. The average molecular weight is 442 g/mol. The summed E-state index contributed by atoms with van der Waals surface area (Å²) in [4.78, 5) is 4.46. The second-order valence-electron chi connectivity index (χ2n) is 8.65. The molecule has 0 amide bonds. The van der Waals surface area contributed by atoms with Crippen LogP contribution in [0.2, 0.25) is 0 Å². The van der Waals surface area contributed by atoms with Crippen molar-refractivity contribution in [3.05, 3.63) is 30.5 Å². The average Bonchev–Trinajstić information content (AvgIpc) is 3.65. The van der Waals surface area contributed by atoms with E-state index in [1.54, 1.807) is 6.20 Å². The highest BCUT2D eigenvalue weighted by Gasteiger charge is 2.19. The summed E-state index contributed by atoms with van der Waals surface area (Å²) in [6.45, 7) is 5.21. The van der Waals surface area contributed by atoms with E-state index in [1.807, 2.05) is 24.3 Å². The maximum absolute atomic E-state index is 5.76. The summed E-state index contributed by atoms with van der Waals surface area (Å²) in [5.74, 6) is 2.39. The minimum Gasteiger partial charge on any atom is -0.492 e. The lowest BCUT2D eigenvalue weighted by Gasteiger charge is -2.08. The van der Waals surface area contributed by atoms with E-state index in [9.17, 15) is 0 Å². The third kappa shape index (κ3) is 9.94. The lowest BCUT2D eigenvalue weighted by atomic mass is 10.1. The van der Waals surface area contributed by atoms with Gasteiger partial charge in [-0.25, -0.2) is 0 Å². The molecule has 1 fully saturated rings. The fraction of sp³-hybridized carbons (Fsp3) is 0.654. The van der Waals surface area contributed by atoms with Crippen molar-refractivity contribution in [1.29, 1.82) is 0 Å². The molecule has 176 valence electrons. The van der Waals surface area contributed by atoms with Crippen molar-refractivity contribution in [2.75, 3.05) is 26.4 Å². The lowest BCUT2D eigenvalue weighted by Crippen LogP contribution is -2.02. The Balaban J connectivity index is 1.27. The van der Waals surface area contributed by atoms with Crippen LogP contribution in [0.15, 0.2) is 30.5 Å². The first kappa shape index (κ1) is 24.4. The number of unbranched alkanes of at least 4 members (excludes halogenated alkanes) is 5. The normalized spacial score (nSPS) is 13.3. The van der Waals surface area contributed by atoms with Crippen molar-refractivity contribution in [2.45, 2.75) is 77.6 Å². The Labute approximate surface area is 193 Å². The first-order valence-corrected chi connectivity index (χ1v) is 12.5. The largest absolute Gasteiger partial charge is 0.492 e. The van der Waals surface area contributed by atoms with Gasteiger partial charge in [0.15, 0.2) is 0 Å². The van der Waals surface area contributed by atoms with Crippen LogP contribution >= 0.6 is 0 Å². The summed E-state index contributed by atoms with van der Waals surface area (Å²) >= 11 is 0. The van der Waals surface area contributed by atoms with Gasteiger partial charge in [-0.3, -0.25) is 4.98 Å². The first-order chi connectivity index (χ1) is 15.8. The molecule has 0 N–H and O–H groups in total. The molecule has 2 aromatic rings. The minimum atomic E-state index is 0.574. The minimum absolute atomic E-state index is 0.574. The Hall–Kier alpha value is -2.21. The lowest BCUT2D eigenvalue weighted by molar-refractivity contribution is 0.123. The fourth-order valence-corrected chi connectivity index (χ4v) is 3.47. The summed E-state index contributed by atoms with van der Waals surface area (Å²) < 4.78 is 17.0. The molecule has 32 heavy (non-hydrogen) atoms. The van der Waals surface area contributed by atoms with E-state index in [2.05, 4.69) is 22.1 Å². The Kier molecular flexibility index (Phi) is 11.3. The van der Waals surface area contributed by atoms with Crippen molar-refractivity contribution < 1.29 is 14.2 Å². The smallest absolute Gasteiger partial charge is 0.233 e. The molecule has 0 saturated heterocycles. The molecule has 2 heterocycles. The number of nitrogens with zero attached hydrogens (tertiary/aromatic N) is 3. The molecule has 0 aliphatic heterocycles. The Morgan fingerprint density at radius 1 is 0.750 bits per heavy atom. The van der Waals surface area contributed by atoms with E-state index in [4.69, 9.17) is 14.2 Å². The summed E-state index contributed by atoms with van der Waals surface area (Å²) in [6, 6.07) is 7.61. The molecule has 1 saturated carbocycles. The van der Waals surface area contributed by atoms with Gasteiger partial charge in [-0.2, -0.15) is 0 Å². The van der Waals surface area contributed by atoms with Crippen LogP contribution in [0.1, 0.15) is 77.6 Å². The van der Waals surface area contributed by atoms with Crippen molar-refractivity contribution in [3.8, 4) is 23.0 Å². The molecule has 6 heteroatoms. The summed E-state index contributed by atoms with van der Waals surface area (Å²) in [5, 5.41) is 8.44. The SMILES string of the molecule is CCCCOCCCCOc1ccc(-c2ccc(OCCCCCCC3CC3)nn2)nc1. The van der Waals surface area contributed by atoms with Crippen LogP contribution in [0, 0.1) is 5.92 Å². The number of aromatic nitrogens is 3. The highest BCUT2D eigenvalue weighted by molar-refractivity contribution is 5.54. The van der Waals surface area contributed by atoms with Gasteiger partial charge in [0.1, 0.15) is 11.4 Å². The van der Waals surface area contributed by atoms with E-state index < -0.39 is 0 Å². The topological polar surface area (TPSA) is 66.4 Å². The second kappa shape index (κ2) is 14.8. The number of ether oxygens (including phenoxy) is 3. The van der Waals surface area contributed by atoms with Gasteiger partial charge in [-0.05, 0) is 49.8 Å². The zero-order valence-electron chi connectivity index (χ0n) is 19.6. The van der Waals surface area contributed by atoms with Gasteiger partial charge in [-0.1, -0.05) is 51.9 Å². The molecule has 0 spiro atoms. The van der Waals surface area contributed by atoms with Crippen molar-refractivity contribution in [2.24, 2.45) is 5.92 Å². The van der Waals surface area contributed by atoms with Gasteiger partial charge in [0.25, 0.3) is 0 Å². The summed E-state index contributed by atoms with van der Waals surface area (Å²) in [6.07, 6.45) is 15.3. The number of hydrogen-bond acceptors (Lipinski definition) is 6. The van der Waals surface area contributed by atoms with Gasteiger partial charge in [-0.15, -0.1) is 10.2 Å². The van der Waals surface area contributed by atoms with Gasteiger partial charge < -0.3 is 14.2 Å². The Morgan fingerprint density at radius 2 is 1.50 bits per heavy atom. The zero-order valence-corrected chi connectivity index (χ0v) is 19.6. The maximum atomic E-state index is 5.76. The molecule has 1 aliphatic rings. The molecule has 2 aromatic heterocycles. The van der Waals surface area contributed by atoms with Gasteiger partial charge >= 0.3 is 0 Å². The highest BCUT2D eigenvalue weighted by atomic mass is 16.5. The van der Waals surface area contributed by atoms with Gasteiger partial charge in [0.2, 0.25) is 5.88 Å². The predicted molar refractivity (Wildman–Crippen MR) is 127 cm³/mol. The van der Waals surface area contributed by atoms with Crippen molar-refractivity contribution in [1.82, 2.24) is 15.2 Å². The molecule has 6 nitrogen and oxygen atoms in total. The van der Waals surface area contributed by atoms with E-state index in [0.29, 0.717) is 19.1 Å². The van der Waals surface area contributed by atoms with Crippen LogP contribution in [0.3, 0.4) is 0 Å². The van der Waals surface area contributed by atoms with Crippen LogP contribution in [0.4, 0.5) is 0 Å². The van der Waals surface area contributed by atoms with Crippen LogP contribution in [0.25, 0.3) is 11.4 Å². The van der Waals surface area contributed by atoms with E-state index in [1.165, 1.54) is 44.9 Å². The van der Waals surface area contributed by atoms with Crippen LogP contribution in [-0.4, -0.2) is 41.6 Å².